The van der Waals surface area contributed by atoms with Crippen molar-refractivity contribution in [2.24, 2.45) is 0 Å². The molecule has 0 fully saturated rings. The number of thiocarbonyl (C=S) groups is 1. The van der Waals surface area contributed by atoms with E-state index in [2.05, 4.69) is 17.6 Å². The van der Waals surface area contributed by atoms with Crippen LogP contribution in [-0.4, -0.2) is 38.0 Å². The maximum atomic E-state index is 12.4. The van der Waals surface area contributed by atoms with Crippen LogP contribution in [0.3, 0.4) is 0 Å². The van der Waals surface area contributed by atoms with Gasteiger partial charge in [0.1, 0.15) is 18.1 Å². The van der Waals surface area contributed by atoms with Crippen LogP contribution in [-0.2, 0) is 4.74 Å². The van der Waals surface area contributed by atoms with Crippen LogP contribution in [0.1, 0.15) is 49.4 Å². The zero-order valence-corrected chi connectivity index (χ0v) is 19.1. The van der Waals surface area contributed by atoms with Gasteiger partial charge in [0.25, 0.3) is 5.91 Å². The third kappa shape index (κ3) is 9.81. The molecule has 0 bridgehead atoms. The van der Waals surface area contributed by atoms with Crippen LogP contribution < -0.4 is 20.1 Å². The molecule has 0 aliphatic rings. The van der Waals surface area contributed by atoms with Crippen molar-refractivity contribution in [1.29, 1.82) is 0 Å². The fourth-order valence-corrected chi connectivity index (χ4v) is 3.02. The van der Waals surface area contributed by atoms with Gasteiger partial charge in [-0.3, -0.25) is 10.1 Å². The van der Waals surface area contributed by atoms with Crippen molar-refractivity contribution in [3.63, 3.8) is 0 Å². The van der Waals surface area contributed by atoms with Gasteiger partial charge in [-0.15, -0.1) is 0 Å². The number of benzene rings is 2. The molecule has 7 heteroatoms. The Kier molecular flexibility index (Phi) is 11.4. The molecule has 2 aromatic carbocycles. The molecule has 6 nitrogen and oxygen atoms in total. The van der Waals surface area contributed by atoms with Gasteiger partial charge in [-0.05, 0) is 67.2 Å². The summed E-state index contributed by atoms with van der Waals surface area (Å²) in [6, 6.07) is 14.4. The minimum atomic E-state index is -0.288. The molecule has 0 saturated carbocycles. The Balaban J connectivity index is 1.73. The van der Waals surface area contributed by atoms with E-state index in [1.807, 2.05) is 24.3 Å². The Bertz CT molecular complexity index is 794. The number of ether oxygens (including phenoxy) is 3. The van der Waals surface area contributed by atoms with Crippen molar-refractivity contribution in [2.45, 2.75) is 39.0 Å². The van der Waals surface area contributed by atoms with Gasteiger partial charge in [0.05, 0.1) is 13.2 Å². The number of amides is 1. The van der Waals surface area contributed by atoms with Gasteiger partial charge in [-0.1, -0.05) is 32.6 Å². The average molecular weight is 445 g/mol. The van der Waals surface area contributed by atoms with Gasteiger partial charge in [0.15, 0.2) is 5.11 Å². The minimum absolute atomic E-state index is 0.231. The zero-order valence-electron chi connectivity index (χ0n) is 18.3. The van der Waals surface area contributed by atoms with E-state index in [0.29, 0.717) is 24.5 Å². The van der Waals surface area contributed by atoms with Crippen molar-refractivity contribution in [1.82, 2.24) is 5.32 Å². The lowest BCUT2D eigenvalue weighted by atomic mass is 10.2. The molecule has 0 aliphatic heterocycles. The van der Waals surface area contributed by atoms with Gasteiger partial charge in [-0.2, -0.15) is 0 Å². The van der Waals surface area contributed by atoms with Crippen LogP contribution in [0.4, 0.5) is 5.69 Å². The van der Waals surface area contributed by atoms with Crippen LogP contribution >= 0.6 is 12.2 Å². The predicted molar refractivity (Wildman–Crippen MR) is 128 cm³/mol. The SMILES string of the molecule is CCCCCCCOc1ccc(NC(=S)NC(=O)c2ccc(OCCOC)cc2)cc1. The number of unbranched alkanes of at least 4 members (excludes halogenated alkanes) is 4. The van der Waals surface area contributed by atoms with Gasteiger partial charge in [-0.25, -0.2) is 0 Å². The van der Waals surface area contributed by atoms with E-state index in [1.165, 1.54) is 25.7 Å². The summed E-state index contributed by atoms with van der Waals surface area (Å²) in [6.45, 7) is 3.90. The Labute approximate surface area is 190 Å². The summed E-state index contributed by atoms with van der Waals surface area (Å²) < 4.78 is 16.2. The molecular formula is C24H32N2O4S. The minimum Gasteiger partial charge on any atom is -0.494 e. The first-order chi connectivity index (χ1) is 15.1. The molecule has 1 amide bonds. The molecule has 0 atom stereocenters. The lowest BCUT2D eigenvalue weighted by molar-refractivity contribution is 0.0977. The number of carbonyl (C=O) groups is 1. The van der Waals surface area contributed by atoms with Gasteiger partial charge < -0.3 is 19.5 Å². The molecular weight excluding hydrogens is 412 g/mol. The highest BCUT2D eigenvalue weighted by atomic mass is 32.1. The van der Waals surface area contributed by atoms with E-state index < -0.39 is 0 Å². The number of hydrogen-bond acceptors (Lipinski definition) is 5. The predicted octanol–water partition coefficient (Wildman–Crippen LogP) is 5.19. The van der Waals surface area contributed by atoms with Gasteiger partial charge >= 0.3 is 0 Å². The van der Waals surface area contributed by atoms with Crippen LogP contribution in [0.15, 0.2) is 48.5 Å². The first-order valence-electron chi connectivity index (χ1n) is 10.7. The fraction of sp³-hybridized carbons (Fsp3) is 0.417. The Hall–Kier alpha value is -2.64. The summed E-state index contributed by atoms with van der Waals surface area (Å²) in [5, 5.41) is 5.92. The number of hydrogen-bond donors (Lipinski definition) is 2. The standard InChI is InChI=1S/C24H32N2O4S/c1-3-4-5-6-7-16-29-22-14-10-20(11-15-22)25-24(31)26-23(27)19-8-12-21(13-9-19)30-18-17-28-2/h8-15H,3-7,16-18H2,1-2H3,(H2,25,26,27,31). The van der Waals surface area contributed by atoms with Crippen LogP contribution in [0.25, 0.3) is 0 Å². The Morgan fingerprint density at radius 3 is 2.10 bits per heavy atom. The second-order valence-electron chi connectivity index (χ2n) is 7.06. The van der Waals surface area contributed by atoms with Crippen molar-refractivity contribution in [2.75, 3.05) is 32.2 Å². The number of carbonyl (C=O) groups excluding carboxylic acids is 1. The second-order valence-corrected chi connectivity index (χ2v) is 7.47. The van der Waals surface area contributed by atoms with E-state index in [-0.39, 0.29) is 11.0 Å². The summed E-state index contributed by atoms with van der Waals surface area (Å²) >= 11 is 5.25. The molecule has 0 heterocycles. The molecule has 0 unspecified atom stereocenters. The summed E-state index contributed by atoms with van der Waals surface area (Å²) in [5.41, 5.74) is 1.27. The van der Waals surface area contributed by atoms with E-state index in [0.717, 1.165) is 24.5 Å². The number of rotatable bonds is 13. The molecule has 2 aromatic rings. The van der Waals surface area contributed by atoms with Gasteiger partial charge in [0.2, 0.25) is 0 Å². The highest BCUT2D eigenvalue weighted by molar-refractivity contribution is 7.80. The first-order valence-corrected chi connectivity index (χ1v) is 11.1. The number of nitrogens with one attached hydrogen (secondary N) is 2. The fourth-order valence-electron chi connectivity index (χ4n) is 2.81. The van der Waals surface area contributed by atoms with Crippen molar-refractivity contribution >= 4 is 28.9 Å². The third-order valence-electron chi connectivity index (χ3n) is 4.53. The second kappa shape index (κ2) is 14.4. The molecule has 0 saturated heterocycles. The molecule has 0 spiro atoms. The Morgan fingerprint density at radius 2 is 1.45 bits per heavy atom. The molecule has 168 valence electrons. The van der Waals surface area contributed by atoms with Crippen LogP contribution in [0, 0.1) is 0 Å². The maximum Gasteiger partial charge on any atom is 0.257 e. The van der Waals surface area contributed by atoms with Crippen LogP contribution in [0.5, 0.6) is 11.5 Å². The third-order valence-corrected chi connectivity index (χ3v) is 4.73. The first kappa shape index (κ1) is 24.6. The largest absolute Gasteiger partial charge is 0.494 e. The number of anilines is 1. The lowest BCUT2D eigenvalue weighted by Gasteiger charge is -2.11. The highest BCUT2D eigenvalue weighted by Crippen LogP contribution is 2.17. The molecule has 31 heavy (non-hydrogen) atoms. The summed E-state index contributed by atoms with van der Waals surface area (Å²) in [5.74, 6) is 1.21. The maximum absolute atomic E-state index is 12.4. The lowest BCUT2D eigenvalue weighted by Crippen LogP contribution is -2.34. The van der Waals surface area contributed by atoms with E-state index in [1.54, 1.807) is 31.4 Å². The molecule has 2 rings (SSSR count). The molecule has 0 radical (unpaired) electrons. The van der Waals surface area contributed by atoms with Crippen molar-refractivity contribution in [3.8, 4) is 11.5 Å². The Morgan fingerprint density at radius 1 is 0.839 bits per heavy atom. The summed E-state index contributed by atoms with van der Waals surface area (Å²) in [4.78, 5) is 12.4. The van der Waals surface area contributed by atoms with E-state index in [9.17, 15) is 4.79 Å². The molecule has 0 aromatic heterocycles. The quantitative estimate of drug-likeness (QED) is 0.327. The summed E-state index contributed by atoms with van der Waals surface area (Å²) in [6.07, 6.45) is 6.05. The smallest absolute Gasteiger partial charge is 0.257 e. The topological polar surface area (TPSA) is 68.8 Å². The van der Waals surface area contributed by atoms with E-state index >= 15 is 0 Å². The highest BCUT2D eigenvalue weighted by Gasteiger charge is 2.08. The van der Waals surface area contributed by atoms with Crippen molar-refractivity contribution < 1.29 is 19.0 Å². The summed E-state index contributed by atoms with van der Waals surface area (Å²) in [7, 11) is 1.62. The molecule has 2 N–H and O–H groups in total. The zero-order chi connectivity index (χ0) is 22.3. The van der Waals surface area contributed by atoms with Crippen LogP contribution in [0.2, 0.25) is 0 Å². The average Bonchev–Trinajstić information content (AvgIpc) is 2.78. The van der Waals surface area contributed by atoms with Crippen molar-refractivity contribution in [3.05, 3.63) is 54.1 Å². The monoisotopic (exact) mass is 444 g/mol. The number of methoxy groups -OCH3 is 1. The normalized spacial score (nSPS) is 10.4. The van der Waals surface area contributed by atoms with E-state index in [4.69, 9.17) is 26.4 Å². The van der Waals surface area contributed by atoms with Gasteiger partial charge in [0, 0.05) is 18.4 Å². The molecule has 0 aliphatic carbocycles.